The molecule has 0 aliphatic rings. The van der Waals surface area contributed by atoms with Crippen LogP contribution in [0.3, 0.4) is 0 Å². The maximum atomic E-state index is 12.5. The van der Waals surface area contributed by atoms with Crippen LogP contribution >= 0.6 is 0 Å². The van der Waals surface area contributed by atoms with Crippen molar-refractivity contribution in [2.75, 3.05) is 6.54 Å². The summed E-state index contributed by atoms with van der Waals surface area (Å²) < 4.78 is 5.24. The number of rotatable bonds is 6. The van der Waals surface area contributed by atoms with E-state index in [1.807, 2.05) is 0 Å². The summed E-state index contributed by atoms with van der Waals surface area (Å²) in [6.45, 7) is 1.90. The fourth-order valence-corrected chi connectivity index (χ4v) is 1.90. The number of carboxylic acids is 1. The minimum Gasteiger partial charge on any atom is -0.481 e. The summed E-state index contributed by atoms with van der Waals surface area (Å²) in [5.74, 6) is -1.25. The highest BCUT2D eigenvalue weighted by Gasteiger charge is 2.22. The number of furan rings is 1. The molecule has 0 fully saturated rings. The molecule has 0 aliphatic heterocycles. The number of carboxylic acid groups (broad SMARTS) is 1. The number of carbonyl (C=O) groups is 2. The number of aromatic nitrogens is 1. The average molecular weight is 288 g/mol. The van der Waals surface area contributed by atoms with E-state index in [9.17, 15) is 9.59 Å². The molecule has 2 rings (SSSR count). The van der Waals surface area contributed by atoms with Crippen molar-refractivity contribution < 1.29 is 19.1 Å². The minimum atomic E-state index is -0.943. The predicted molar refractivity (Wildman–Crippen MR) is 74.5 cm³/mol. The fourth-order valence-electron chi connectivity index (χ4n) is 1.90. The largest absolute Gasteiger partial charge is 0.481 e. The van der Waals surface area contributed by atoms with E-state index in [2.05, 4.69) is 4.98 Å². The molecule has 1 amide bonds. The number of amides is 1. The van der Waals surface area contributed by atoms with Crippen molar-refractivity contribution >= 4 is 11.9 Å². The lowest BCUT2D eigenvalue weighted by Gasteiger charge is -2.23. The van der Waals surface area contributed by atoms with E-state index >= 15 is 0 Å². The normalized spacial score (nSPS) is 11.9. The van der Waals surface area contributed by atoms with E-state index in [0.29, 0.717) is 11.3 Å². The first-order valence-electron chi connectivity index (χ1n) is 6.52. The number of aliphatic carboxylic acids is 1. The van der Waals surface area contributed by atoms with Crippen LogP contribution in [-0.2, 0) is 11.3 Å². The van der Waals surface area contributed by atoms with Crippen molar-refractivity contribution in [3.05, 3.63) is 54.2 Å². The third kappa shape index (κ3) is 3.92. The number of hydrogen-bond acceptors (Lipinski definition) is 4. The van der Waals surface area contributed by atoms with Crippen LogP contribution in [0.4, 0.5) is 0 Å². The van der Waals surface area contributed by atoms with Gasteiger partial charge in [-0.15, -0.1) is 0 Å². The van der Waals surface area contributed by atoms with Crippen LogP contribution in [0, 0.1) is 5.92 Å². The van der Waals surface area contributed by atoms with E-state index in [0.717, 1.165) is 0 Å². The first kappa shape index (κ1) is 14.8. The Morgan fingerprint density at radius 3 is 2.62 bits per heavy atom. The molecule has 0 radical (unpaired) electrons. The molecule has 1 unspecified atom stereocenters. The molecule has 6 nitrogen and oxygen atoms in total. The van der Waals surface area contributed by atoms with Gasteiger partial charge in [-0.1, -0.05) is 6.92 Å². The van der Waals surface area contributed by atoms with E-state index < -0.39 is 11.9 Å². The van der Waals surface area contributed by atoms with Crippen molar-refractivity contribution in [2.24, 2.45) is 5.92 Å². The van der Waals surface area contributed by atoms with Crippen LogP contribution in [0.5, 0.6) is 0 Å². The molecule has 2 heterocycles. The van der Waals surface area contributed by atoms with Gasteiger partial charge in [0.15, 0.2) is 0 Å². The third-order valence-electron chi connectivity index (χ3n) is 3.06. The zero-order chi connectivity index (χ0) is 15.2. The molecule has 2 aromatic rings. The monoisotopic (exact) mass is 288 g/mol. The van der Waals surface area contributed by atoms with E-state index in [1.54, 1.807) is 31.2 Å². The second-order valence-electron chi connectivity index (χ2n) is 4.74. The second kappa shape index (κ2) is 6.69. The van der Waals surface area contributed by atoms with Crippen molar-refractivity contribution in [3.8, 4) is 0 Å². The highest BCUT2D eigenvalue weighted by atomic mass is 16.4. The molecule has 1 atom stereocenters. The van der Waals surface area contributed by atoms with E-state index in [1.165, 1.54) is 23.6 Å². The van der Waals surface area contributed by atoms with Gasteiger partial charge in [-0.3, -0.25) is 14.6 Å². The molecule has 0 aliphatic carbocycles. The first-order valence-corrected chi connectivity index (χ1v) is 6.52. The molecular formula is C15H16N2O4. The fraction of sp³-hybridized carbons (Fsp3) is 0.267. The van der Waals surface area contributed by atoms with Crippen LogP contribution in [-0.4, -0.2) is 33.4 Å². The molecule has 0 saturated carbocycles. The smallest absolute Gasteiger partial charge is 0.308 e. The van der Waals surface area contributed by atoms with Gasteiger partial charge in [0.25, 0.3) is 5.91 Å². The Morgan fingerprint density at radius 2 is 2.05 bits per heavy atom. The van der Waals surface area contributed by atoms with Gasteiger partial charge >= 0.3 is 5.97 Å². The maximum Gasteiger partial charge on any atom is 0.308 e. The van der Waals surface area contributed by atoms with Gasteiger partial charge in [0.2, 0.25) is 0 Å². The Hall–Kier alpha value is -2.63. The highest BCUT2D eigenvalue weighted by Crippen LogP contribution is 2.12. The summed E-state index contributed by atoms with van der Waals surface area (Å²) in [4.78, 5) is 28.9. The summed E-state index contributed by atoms with van der Waals surface area (Å²) in [5.41, 5.74) is 0.467. The van der Waals surface area contributed by atoms with E-state index in [4.69, 9.17) is 9.52 Å². The maximum absolute atomic E-state index is 12.5. The van der Waals surface area contributed by atoms with Crippen LogP contribution in [0.2, 0.25) is 0 Å². The third-order valence-corrected chi connectivity index (χ3v) is 3.06. The quantitative estimate of drug-likeness (QED) is 0.879. The second-order valence-corrected chi connectivity index (χ2v) is 4.74. The summed E-state index contributed by atoms with van der Waals surface area (Å²) >= 11 is 0. The Morgan fingerprint density at radius 1 is 1.33 bits per heavy atom. The summed E-state index contributed by atoms with van der Waals surface area (Å²) in [5, 5.41) is 9.04. The van der Waals surface area contributed by atoms with Gasteiger partial charge in [0, 0.05) is 24.5 Å². The van der Waals surface area contributed by atoms with Gasteiger partial charge in [0.05, 0.1) is 18.7 Å². The molecule has 6 heteroatoms. The Balaban J connectivity index is 2.18. The van der Waals surface area contributed by atoms with Crippen LogP contribution in [0.1, 0.15) is 23.0 Å². The molecule has 0 bridgehead atoms. The molecule has 2 aromatic heterocycles. The average Bonchev–Trinajstić information content (AvgIpc) is 2.99. The van der Waals surface area contributed by atoms with Crippen LogP contribution in [0.15, 0.2) is 47.3 Å². The van der Waals surface area contributed by atoms with Crippen LogP contribution in [0.25, 0.3) is 0 Å². The summed E-state index contributed by atoms with van der Waals surface area (Å²) in [6, 6.07) is 6.68. The van der Waals surface area contributed by atoms with Gasteiger partial charge < -0.3 is 14.4 Å². The molecule has 21 heavy (non-hydrogen) atoms. The SMILES string of the molecule is CC(CN(Cc1ccco1)C(=O)c1ccncc1)C(=O)O. The lowest BCUT2D eigenvalue weighted by molar-refractivity contribution is -0.141. The lowest BCUT2D eigenvalue weighted by Crippen LogP contribution is -2.36. The number of carbonyl (C=O) groups excluding carboxylic acids is 1. The lowest BCUT2D eigenvalue weighted by atomic mass is 10.1. The topological polar surface area (TPSA) is 83.6 Å². The molecule has 110 valence electrons. The van der Waals surface area contributed by atoms with Crippen molar-refractivity contribution in [1.82, 2.24) is 9.88 Å². The Kier molecular flexibility index (Phi) is 4.71. The number of nitrogens with zero attached hydrogens (tertiary/aromatic N) is 2. The van der Waals surface area contributed by atoms with Gasteiger partial charge in [0.1, 0.15) is 5.76 Å². The summed E-state index contributed by atoms with van der Waals surface area (Å²) in [6.07, 6.45) is 4.57. The van der Waals surface area contributed by atoms with Gasteiger partial charge in [-0.2, -0.15) is 0 Å². The Bertz CT molecular complexity index is 595. The Labute approximate surface area is 122 Å². The zero-order valence-corrected chi connectivity index (χ0v) is 11.6. The molecule has 0 aromatic carbocycles. The van der Waals surface area contributed by atoms with E-state index in [-0.39, 0.29) is 19.0 Å². The first-order chi connectivity index (χ1) is 10.1. The molecule has 0 saturated heterocycles. The summed E-state index contributed by atoms with van der Waals surface area (Å²) in [7, 11) is 0. The molecule has 0 spiro atoms. The standard InChI is InChI=1S/C15H16N2O4/c1-11(15(19)20)9-17(10-13-3-2-8-21-13)14(18)12-4-6-16-7-5-12/h2-8,11H,9-10H2,1H3,(H,19,20). The number of hydrogen-bond donors (Lipinski definition) is 1. The molecular weight excluding hydrogens is 272 g/mol. The zero-order valence-electron chi connectivity index (χ0n) is 11.6. The highest BCUT2D eigenvalue weighted by molar-refractivity contribution is 5.94. The van der Waals surface area contributed by atoms with Crippen molar-refractivity contribution in [1.29, 1.82) is 0 Å². The minimum absolute atomic E-state index is 0.108. The van der Waals surface area contributed by atoms with Crippen molar-refractivity contribution in [3.63, 3.8) is 0 Å². The van der Waals surface area contributed by atoms with Gasteiger partial charge in [-0.25, -0.2) is 0 Å². The molecule has 1 N–H and O–H groups in total. The van der Waals surface area contributed by atoms with Gasteiger partial charge in [-0.05, 0) is 24.3 Å². The van der Waals surface area contributed by atoms with Crippen molar-refractivity contribution in [2.45, 2.75) is 13.5 Å². The predicted octanol–water partition coefficient (Wildman–Crippen LogP) is 2.04. The van der Waals surface area contributed by atoms with Crippen LogP contribution < -0.4 is 0 Å². The number of pyridine rings is 1.